The predicted octanol–water partition coefficient (Wildman–Crippen LogP) is 2.83. The molecule has 0 aliphatic heterocycles. The Morgan fingerprint density at radius 3 is 2.44 bits per heavy atom. The van der Waals surface area contributed by atoms with Gasteiger partial charge in [-0.2, -0.15) is 0 Å². The van der Waals surface area contributed by atoms with Gasteiger partial charge in [0.15, 0.2) is 0 Å². The second-order valence-electron chi connectivity index (χ2n) is 4.47. The van der Waals surface area contributed by atoms with E-state index in [9.17, 15) is 0 Å². The second-order valence-corrected chi connectivity index (χ2v) is 4.47. The van der Waals surface area contributed by atoms with E-state index in [1.165, 1.54) is 0 Å². The molecule has 0 aliphatic carbocycles. The third-order valence-electron chi connectivity index (χ3n) is 2.74. The average Bonchev–Trinajstić information content (AvgIpc) is 2.25. The van der Waals surface area contributed by atoms with Crippen molar-refractivity contribution in [3.05, 3.63) is 0 Å². The van der Waals surface area contributed by atoms with E-state index >= 15 is 0 Å². The van der Waals surface area contributed by atoms with E-state index < -0.39 is 0 Å². The Morgan fingerprint density at radius 2 is 2.00 bits per heavy atom. The Balaban J connectivity index is 4.28. The van der Waals surface area contributed by atoms with Crippen molar-refractivity contribution < 1.29 is 4.74 Å². The lowest BCUT2D eigenvalue weighted by atomic mass is 9.95. The van der Waals surface area contributed by atoms with E-state index in [1.807, 2.05) is 6.92 Å². The van der Waals surface area contributed by atoms with Crippen LogP contribution in [0.25, 0.3) is 0 Å². The van der Waals surface area contributed by atoms with E-state index in [1.54, 1.807) is 7.11 Å². The quantitative estimate of drug-likeness (QED) is 0.641. The zero-order chi connectivity index (χ0) is 12.4. The van der Waals surface area contributed by atoms with Crippen LogP contribution in [-0.4, -0.2) is 25.8 Å². The molecule has 0 heterocycles. The molecule has 0 aromatic rings. The van der Waals surface area contributed by atoms with Crippen LogP contribution in [0, 0.1) is 17.8 Å². The van der Waals surface area contributed by atoms with Crippen molar-refractivity contribution in [3.8, 4) is 11.8 Å². The van der Waals surface area contributed by atoms with Gasteiger partial charge < -0.3 is 10.1 Å². The van der Waals surface area contributed by atoms with Crippen LogP contribution in [0.3, 0.4) is 0 Å². The highest BCUT2D eigenvalue weighted by molar-refractivity contribution is 4.96. The molecule has 2 unspecified atom stereocenters. The van der Waals surface area contributed by atoms with Crippen molar-refractivity contribution >= 4 is 0 Å². The molecule has 0 amide bonds. The molecular weight excluding hydrogens is 198 g/mol. The summed E-state index contributed by atoms with van der Waals surface area (Å²) in [5.41, 5.74) is 0. The minimum atomic E-state index is 0.283. The third kappa shape index (κ3) is 6.15. The summed E-state index contributed by atoms with van der Waals surface area (Å²) in [4.78, 5) is 0. The van der Waals surface area contributed by atoms with E-state index in [0.717, 1.165) is 25.8 Å². The maximum atomic E-state index is 5.59. The Hall–Kier alpha value is -0.520. The predicted molar refractivity (Wildman–Crippen MR) is 70.4 cm³/mol. The fraction of sp³-hybridized carbons (Fsp3) is 0.857. The largest absolute Gasteiger partial charge is 0.380 e. The van der Waals surface area contributed by atoms with Gasteiger partial charge in [0.1, 0.15) is 0 Å². The molecule has 2 atom stereocenters. The monoisotopic (exact) mass is 225 g/mol. The molecule has 94 valence electrons. The van der Waals surface area contributed by atoms with Gasteiger partial charge in [-0.05, 0) is 32.2 Å². The molecule has 2 nitrogen and oxygen atoms in total. The molecule has 0 rings (SSSR count). The molecule has 0 fully saturated rings. The first kappa shape index (κ1) is 15.5. The lowest BCUT2D eigenvalue weighted by molar-refractivity contribution is 0.0311. The van der Waals surface area contributed by atoms with Gasteiger partial charge >= 0.3 is 0 Å². The van der Waals surface area contributed by atoms with Gasteiger partial charge in [0.05, 0.1) is 6.10 Å². The molecule has 0 spiro atoms. The van der Waals surface area contributed by atoms with Gasteiger partial charge in [0, 0.05) is 19.6 Å². The van der Waals surface area contributed by atoms with Gasteiger partial charge in [-0.25, -0.2) is 0 Å². The Morgan fingerprint density at radius 1 is 1.31 bits per heavy atom. The van der Waals surface area contributed by atoms with Crippen molar-refractivity contribution in [2.45, 2.75) is 59.1 Å². The smallest absolute Gasteiger partial charge is 0.0747 e. The first-order valence-electron chi connectivity index (χ1n) is 6.33. The Kier molecular flexibility index (Phi) is 9.37. The van der Waals surface area contributed by atoms with Crippen LogP contribution in [-0.2, 0) is 4.74 Å². The summed E-state index contributed by atoms with van der Waals surface area (Å²) < 4.78 is 5.59. The second kappa shape index (κ2) is 9.69. The molecule has 1 N–H and O–H groups in total. The number of ether oxygens (including phenoxy) is 1. The topological polar surface area (TPSA) is 21.3 Å². The molecular formula is C14H27NO. The summed E-state index contributed by atoms with van der Waals surface area (Å²) in [6, 6.07) is 0.422. The number of methoxy groups -OCH3 is 1. The van der Waals surface area contributed by atoms with Gasteiger partial charge in [-0.3, -0.25) is 0 Å². The minimum absolute atomic E-state index is 0.283. The van der Waals surface area contributed by atoms with Crippen LogP contribution >= 0.6 is 0 Å². The first-order valence-corrected chi connectivity index (χ1v) is 6.33. The number of hydrogen-bond donors (Lipinski definition) is 1. The minimum Gasteiger partial charge on any atom is -0.380 e. The van der Waals surface area contributed by atoms with Crippen LogP contribution in [0.1, 0.15) is 47.0 Å². The van der Waals surface area contributed by atoms with Crippen molar-refractivity contribution in [1.29, 1.82) is 0 Å². The average molecular weight is 225 g/mol. The fourth-order valence-corrected chi connectivity index (χ4v) is 1.97. The highest BCUT2D eigenvalue weighted by Gasteiger charge is 2.22. The normalized spacial score (nSPS) is 14.4. The standard InChI is InChI=1S/C14H27NO/c1-6-8-9-10-13(15-11-7-2)14(16-5)12(3)4/h12-15H,7,9-11H2,1-5H3. The van der Waals surface area contributed by atoms with Crippen molar-refractivity contribution in [2.75, 3.05) is 13.7 Å². The molecule has 0 bridgehead atoms. The molecule has 16 heavy (non-hydrogen) atoms. The molecule has 0 aliphatic rings. The lowest BCUT2D eigenvalue weighted by Gasteiger charge is -2.29. The third-order valence-corrected chi connectivity index (χ3v) is 2.74. The zero-order valence-electron chi connectivity index (χ0n) is 11.5. The summed E-state index contributed by atoms with van der Waals surface area (Å²) in [7, 11) is 1.80. The summed E-state index contributed by atoms with van der Waals surface area (Å²) in [6.45, 7) is 9.55. The summed E-state index contributed by atoms with van der Waals surface area (Å²) >= 11 is 0. The van der Waals surface area contributed by atoms with Gasteiger partial charge in [0.25, 0.3) is 0 Å². The molecule has 0 radical (unpaired) electrons. The summed E-state index contributed by atoms with van der Waals surface area (Å²) in [5.74, 6) is 6.61. The van der Waals surface area contributed by atoms with Gasteiger partial charge in [0.2, 0.25) is 0 Å². The summed E-state index contributed by atoms with van der Waals surface area (Å²) in [6.07, 6.45) is 3.46. The van der Waals surface area contributed by atoms with Crippen LogP contribution in [0.5, 0.6) is 0 Å². The maximum Gasteiger partial charge on any atom is 0.0747 e. The van der Waals surface area contributed by atoms with Gasteiger partial charge in [-0.15, -0.1) is 11.8 Å². The summed E-state index contributed by atoms with van der Waals surface area (Å²) in [5, 5.41) is 3.57. The maximum absolute atomic E-state index is 5.59. The van der Waals surface area contributed by atoms with Crippen molar-refractivity contribution in [1.82, 2.24) is 5.32 Å². The van der Waals surface area contributed by atoms with Gasteiger partial charge in [-0.1, -0.05) is 20.8 Å². The highest BCUT2D eigenvalue weighted by atomic mass is 16.5. The molecule has 0 saturated carbocycles. The van der Waals surface area contributed by atoms with Crippen LogP contribution in [0.4, 0.5) is 0 Å². The SMILES string of the molecule is CC#CCCC(NCCC)C(OC)C(C)C. The number of rotatable bonds is 8. The number of hydrogen-bond acceptors (Lipinski definition) is 2. The van der Waals surface area contributed by atoms with Crippen molar-refractivity contribution in [2.24, 2.45) is 5.92 Å². The molecule has 0 saturated heterocycles. The van der Waals surface area contributed by atoms with E-state index in [0.29, 0.717) is 12.0 Å². The fourth-order valence-electron chi connectivity index (χ4n) is 1.97. The molecule has 0 aromatic heterocycles. The van der Waals surface area contributed by atoms with Crippen molar-refractivity contribution in [3.63, 3.8) is 0 Å². The lowest BCUT2D eigenvalue weighted by Crippen LogP contribution is -2.44. The Labute approximate surface area is 101 Å². The van der Waals surface area contributed by atoms with E-state index in [4.69, 9.17) is 4.74 Å². The van der Waals surface area contributed by atoms with Crippen LogP contribution in [0.2, 0.25) is 0 Å². The Bertz CT molecular complexity index is 215. The highest BCUT2D eigenvalue weighted by Crippen LogP contribution is 2.14. The van der Waals surface area contributed by atoms with E-state index in [-0.39, 0.29) is 6.10 Å². The van der Waals surface area contributed by atoms with Crippen LogP contribution in [0.15, 0.2) is 0 Å². The molecule has 2 heteroatoms. The van der Waals surface area contributed by atoms with Crippen LogP contribution < -0.4 is 5.32 Å². The molecule has 0 aromatic carbocycles. The zero-order valence-corrected chi connectivity index (χ0v) is 11.5. The number of nitrogens with one attached hydrogen (secondary N) is 1. The first-order chi connectivity index (χ1) is 7.67. The van der Waals surface area contributed by atoms with E-state index in [2.05, 4.69) is 37.9 Å².